The van der Waals surface area contributed by atoms with Crippen LogP contribution in [-0.2, 0) is 0 Å². The number of nitrogens with zero attached hydrogens (tertiary/aromatic N) is 2. The van der Waals surface area contributed by atoms with Gasteiger partial charge in [-0.25, -0.2) is 0 Å². The minimum Gasteiger partial charge on any atom is -0.326 e. The van der Waals surface area contributed by atoms with Gasteiger partial charge >= 0.3 is 0 Å². The third kappa shape index (κ3) is 2.76. The average Bonchev–Trinajstić information content (AvgIpc) is 2.53. The molecule has 0 saturated carbocycles. The van der Waals surface area contributed by atoms with E-state index in [1.165, 1.54) is 45.4 Å². The summed E-state index contributed by atoms with van der Waals surface area (Å²) in [5, 5.41) is 0. The second-order valence-corrected chi connectivity index (χ2v) is 5.61. The number of hydrogen-bond acceptors (Lipinski definition) is 3. The van der Waals surface area contributed by atoms with Crippen LogP contribution in [0.4, 0.5) is 0 Å². The van der Waals surface area contributed by atoms with E-state index >= 15 is 0 Å². The van der Waals surface area contributed by atoms with Crippen LogP contribution < -0.4 is 5.73 Å². The normalized spacial score (nSPS) is 38.8. The first kappa shape index (κ1) is 12.3. The van der Waals surface area contributed by atoms with Gasteiger partial charge in [0.05, 0.1) is 0 Å². The molecule has 0 spiro atoms. The van der Waals surface area contributed by atoms with E-state index in [0.717, 1.165) is 12.6 Å². The van der Waals surface area contributed by atoms with E-state index in [1.807, 2.05) is 0 Å². The van der Waals surface area contributed by atoms with Crippen molar-refractivity contribution in [2.24, 2.45) is 11.7 Å². The molecular weight excluding hydrogens is 198 g/mol. The molecule has 3 nitrogen and oxygen atoms in total. The van der Waals surface area contributed by atoms with E-state index in [4.69, 9.17) is 5.73 Å². The van der Waals surface area contributed by atoms with Gasteiger partial charge < -0.3 is 10.6 Å². The summed E-state index contributed by atoms with van der Waals surface area (Å²) in [4.78, 5) is 5.23. The fourth-order valence-corrected chi connectivity index (χ4v) is 3.15. The van der Waals surface area contributed by atoms with Gasteiger partial charge in [-0.3, -0.25) is 4.90 Å². The van der Waals surface area contributed by atoms with Gasteiger partial charge in [-0.05, 0) is 44.8 Å². The Morgan fingerprint density at radius 2 is 2.00 bits per heavy atom. The van der Waals surface area contributed by atoms with Crippen LogP contribution in [0.25, 0.3) is 0 Å². The summed E-state index contributed by atoms with van der Waals surface area (Å²) in [5.41, 5.74) is 6.12. The molecule has 3 atom stereocenters. The fraction of sp³-hybridized carbons (Fsp3) is 1.00. The number of likely N-dealkylation sites (tertiary alicyclic amines) is 2. The summed E-state index contributed by atoms with van der Waals surface area (Å²) in [6.45, 7) is 10.7. The lowest BCUT2D eigenvalue weighted by Gasteiger charge is -2.26. The molecule has 0 aliphatic carbocycles. The van der Waals surface area contributed by atoms with Gasteiger partial charge in [0.25, 0.3) is 0 Å². The molecular formula is C13H27N3. The van der Waals surface area contributed by atoms with Crippen molar-refractivity contribution in [2.75, 3.05) is 32.7 Å². The summed E-state index contributed by atoms with van der Waals surface area (Å²) >= 11 is 0. The fourth-order valence-electron chi connectivity index (χ4n) is 3.15. The zero-order valence-corrected chi connectivity index (χ0v) is 10.9. The van der Waals surface area contributed by atoms with Gasteiger partial charge in [0, 0.05) is 25.2 Å². The molecule has 0 amide bonds. The Labute approximate surface area is 100.0 Å². The van der Waals surface area contributed by atoms with Crippen molar-refractivity contribution < 1.29 is 0 Å². The predicted molar refractivity (Wildman–Crippen MR) is 68.5 cm³/mol. The molecule has 3 heteroatoms. The van der Waals surface area contributed by atoms with Crippen molar-refractivity contribution >= 4 is 0 Å². The van der Waals surface area contributed by atoms with Crippen molar-refractivity contribution in [1.82, 2.24) is 9.80 Å². The Kier molecular flexibility index (Phi) is 4.22. The first-order valence-corrected chi connectivity index (χ1v) is 6.92. The Bertz CT molecular complexity index is 209. The lowest BCUT2D eigenvalue weighted by molar-refractivity contribution is 0.209. The summed E-state index contributed by atoms with van der Waals surface area (Å²) in [7, 11) is 0. The highest BCUT2D eigenvalue weighted by Crippen LogP contribution is 2.23. The van der Waals surface area contributed by atoms with Crippen LogP contribution >= 0.6 is 0 Å². The number of nitrogens with two attached hydrogens (primary N) is 1. The second kappa shape index (κ2) is 5.48. The highest BCUT2D eigenvalue weighted by atomic mass is 15.2. The molecule has 2 heterocycles. The molecule has 16 heavy (non-hydrogen) atoms. The van der Waals surface area contributed by atoms with E-state index in [0.29, 0.717) is 12.0 Å². The van der Waals surface area contributed by atoms with Crippen molar-refractivity contribution in [3.05, 3.63) is 0 Å². The van der Waals surface area contributed by atoms with Crippen LogP contribution in [-0.4, -0.2) is 54.6 Å². The number of hydrogen-bond donors (Lipinski definition) is 1. The highest BCUT2D eigenvalue weighted by molar-refractivity contribution is 4.89. The van der Waals surface area contributed by atoms with Crippen molar-refractivity contribution in [3.63, 3.8) is 0 Å². The van der Waals surface area contributed by atoms with E-state index in [1.54, 1.807) is 0 Å². The van der Waals surface area contributed by atoms with Gasteiger partial charge in [-0.2, -0.15) is 0 Å². The van der Waals surface area contributed by atoms with E-state index in [9.17, 15) is 0 Å². The Morgan fingerprint density at radius 3 is 2.62 bits per heavy atom. The quantitative estimate of drug-likeness (QED) is 0.765. The van der Waals surface area contributed by atoms with Gasteiger partial charge in [-0.1, -0.05) is 13.8 Å². The second-order valence-electron chi connectivity index (χ2n) is 5.61. The van der Waals surface area contributed by atoms with Gasteiger partial charge in [0.15, 0.2) is 0 Å². The SMILES string of the molecule is CCN1CCCC(N2CC(C)C(N)C2)CC1. The summed E-state index contributed by atoms with van der Waals surface area (Å²) in [5.74, 6) is 0.686. The largest absolute Gasteiger partial charge is 0.326 e. The van der Waals surface area contributed by atoms with Crippen LogP contribution in [0.15, 0.2) is 0 Å². The summed E-state index contributed by atoms with van der Waals surface area (Å²) in [6, 6.07) is 1.21. The molecule has 2 saturated heterocycles. The third-order valence-electron chi connectivity index (χ3n) is 4.45. The summed E-state index contributed by atoms with van der Waals surface area (Å²) in [6.07, 6.45) is 4.07. The van der Waals surface area contributed by atoms with Crippen LogP contribution in [0, 0.1) is 5.92 Å². The maximum absolute atomic E-state index is 6.12. The maximum atomic E-state index is 6.12. The maximum Gasteiger partial charge on any atom is 0.0206 e. The molecule has 0 radical (unpaired) electrons. The molecule has 94 valence electrons. The van der Waals surface area contributed by atoms with Crippen LogP contribution in [0.2, 0.25) is 0 Å². The Morgan fingerprint density at radius 1 is 1.19 bits per heavy atom. The topological polar surface area (TPSA) is 32.5 Å². The Balaban J connectivity index is 1.86. The zero-order valence-electron chi connectivity index (χ0n) is 10.9. The molecule has 2 N–H and O–H groups in total. The monoisotopic (exact) mass is 225 g/mol. The molecule has 3 unspecified atom stereocenters. The molecule has 2 rings (SSSR count). The first-order chi connectivity index (χ1) is 7.70. The minimum atomic E-state index is 0.408. The highest BCUT2D eigenvalue weighted by Gasteiger charge is 2.31. The van der Waals surface area contributed by atoms with E-state index in [2.05, 4.69) is 23.6 Å². The van der Waals surface area contributed by atoms with Crippen LogP contribution in [0.3, 0.4) is 0 Å². The molecule has 2 fully saturated rings. The van der Waals surface area contributed by atoms with Crippen LogP contribution in [0.1, 0.15) is 33.1 Å². The van der Waals surface area contributed by atoms with Gasteiger partial charge in [0.2, 0.25) is 0 Å². The van der Waals surface area contributed by atoms with Crippen molar-refractivity contribution in [1.29, 1.82) is 0 Å². The molecule has 0 bridgehead atoms. The Hall–Kier alpha value is -0.120. The standard InChI is InChI=1S/C13H27N3/c1-3-15-7-4-5-12(6-8-15)16-9-11(2)13(14)10-16/h11-13H,3-10,14H2,1-2H3. The molecule has 2 aliphatic rings. The van der Waals surface area contributed by atoms with E-state index in [-0.39, 0.29) is 0 Å². The average molecular weight is 225 g/mol. The van der Waals surface area contributed by atoms with Crippen molar-refractivity contribution in [2.45, 2.75) is 45.2 Å². The lowest BCUT2D eigenvalue weighted by atomic mass is 10.1. The van der Waals surface area contributed by atoms with Crippen LogP contribution in [0.5, 0.6) is 0 Å². The van der Waals surface area contributed by atoms with E-state index < -0.39 is 0 Å². The molecule has 0 aromatic rings. The smallest absolute Gasteiger partial charge is 0.0206 e. The zero-order chi connectivity index (χ0) is 11.5. The number of rotatable bonds is 2. The first-order valence-electron chi connectivity index (χ1n) is 6.92. The predicted octanol–water partition coefficient (Wildman–Crippen LogP) is 1.14. The molecule has 0 aromatic heterocycles. The lowest BCUT2D eigenvalue weighted by Crippen LogP contribution is -2.36. The van der Waals surface area contributed by atoms with Gasteiger partial charge in [0.1, 0.15) is 0 Å². The molecule has 0 aromatic carbocycles. The minimum absolute atomic E-state index is 0.408. The van der Waals surface area contributed by atoms with Crippen molar-refractivity contribution in [3.8, 4) is 0 Å². The van der Waals surface area contributed by atoms with Gasteiger partial charge in [-0.15, -0.1) is 0 Å². The molecule has 2 aliphatic heterocycles. The third-order valence-corrected chi connectivity index (χ3v) is 4.45. The summed E-state index contributed by atoms with van der Waals surface area (Å²) < 4.78 is 0.